The summed E-state index contributed by atoms with van der Waals surface area (Å²) in [4.78, 5) is 5.15. The highest BCUT2D eigenvalue weighted by atomic mass is 15.2. The van der Waals surface area contributed by atoms with Crippen LogP contribution in [0.2, 0.25) is 0 Å². The first-order valence-corrected chi connectivity index (χ1v) is 20.8. The van der Waals surface area contributed by atoms with E-state index in [0.29, 0.717) is 11.8 Å². The standard InChI is InChI=1S/C50H57BN2/c1-49(2,3)38-24-30-44-42(32-38)51-43-33-39(50(4,5)6)25-31-45(43)53(41-28-22-37(23-29-41)35-16-11-8-12-17-35)47-19-13-18-46(48(47)51)52(44)40-26-20-36(21-27-40)34-14-9-7-10-15-34/h13,18-35H,7-12,14-17H2,1-6H3. The van der Waals surface area contributed by atoms with Crippen LogP contribution in [0.15, 0.2) is 103 Å². The number of hydrogen-bond acceptors (Lipinski definition) is 2. The number of anilines is 6. The van der Waals surface area contributed by atoms with Crippen LogP contribution >= 0.6 is 0 Å². The van der Waals surface area contributed by atoms with E-state index in [1.807, 2.05) is 0 Å². The van der Waals surface area contributed by atoms with E-state index < -0.39 is 0 Å². The summed E-state index contributed by atoms with van der Waals surface area (Å²) >= 11 is 0. The minimum atomic E-state index is 0.0399. The van der Waals surface area contributed by atoms with Gasteiger partial charge < -0.3 is 9.80 Å². The zero-order valence-corrected chi connectivity index (χ0v) is 33.0. The fraction of sp³-hybridized carbons (Fsp3) is 0.400. The molecule has 2 aliphatic carbocycles. The molecule has 270 valence electrons. The minimum absolute atomic E-state index is 0.0399. The fourth-order valence-electron chi connectivity index (χ4n) is 10.1. The lowest BCUT2D eigenvalue weighted by Gasteiger charge is -2.45. The molecule has 0 spiro atoms. The first kappa shape index (κ1) is 34.5. The predicted molar refractivity (Wildman–Crippen MR) is 230 cm³/mol. The molecule has 2 saturated carbocycles. The van der Waals surface area contributed by atoms with Gasteiger partial charge >= 0.3 is 0 Å². The molecule has 0 radical (unpaired) electrons. The molecule has 0 aromatic heterocycles. The third-order valence-electron chi connectivity index (χ3n) is 13.2. The molecule has 0 N–H and O–H groups in total. The van der Waals surface area contributed by atoms with E-state index in [1.165, 1.54) is 137 Å². The normalized spacial score (nSPS) is 17.7. The smallest absolute Gasteiger partial charge is 0.252 e. The molecule has 9 rings (SSSR count). The summed E-state index contributed by atoms with van der Waals surface area (Å²) in [5.74, 6) is 1.39. The van der Waals surface area contributed by atoms with Gasteiger partial charge in [-0.3, -0.25) is 0 Å². The van der Waals surface area contributed by atoms with E-state index in [-0.39, 0.29) is 17.5 Å². The predicted octanol–water partition coefficient (Wildman–Crippen LogP) is 12.5. The Bertz CT molecular complexity index is 1970. The lowest BCUT2D eigenvalue weighted by Crippen LogP contribution is -2.61. The fourth-order valence-corrected chi connectivity index (χ4v) is 10.1. The van der Waals surface area contributed by atoms with Crippen molar-refractivity contribution in [2.45, 2.75) is 128 Å². The summed E-state index contributed by atoms with van der Waals surface area (Å²) in [7, 11) is 0. The molecule has 2 heterocycles. The molecule has 0 amide bonds. The summed E-state index contributed by atoms with van der Waals surface area (Å²) in [5, 5.41) is 0. The van der Waals surface area contributed by atoms with Gasteiger partial charge in [-0.2, -0.15) is 0 Å². The van der Waals surface area contributed by atoms with Crippen LogP contribution in [0.4, 0.5) is 34.1 Å². The van der Waals surface area contributed by atoms with E-state index >= 15 is 0 Å². The van der Waals surface area contributed by atoms with Crippen LogP contribution in [0.1, 0.15) is 140 Å². The average Bonchev–Trinajstić information content (AvgIpc) is 3.17. The van der Waals surface area contributed by atoms with Gasteiger partial charge in [-0.15, -0.1) is 0 Å². The summed E-state index contributed by atoms with van der Waals surface area (Å²) in [6, 6.07) is 41.1. The van der Waals surface area contributed by atoms with Crippen molar-refractivity contribution in [3.63, 3.8) is 0 Å². The number of benzene rings is 5. The molecule has 0 saturated heterocycles. The lowest BCUT2D eigenvalue weighted by atomic mass is 9.33. The van der Waals surface area contributed by atoms with Crippen LogP contribution in [-0.4, -0.2) is 6.71 Å². The van der Waals surface area contributed by atoms with E-state index in [4.69, 9.17) is 0 Å². The molecule has 4 aliphatic rings. The van der Waals surface area contributed by atoms with Gasteiger partial charge in [0.1, 0.15) is 0 Å². The number of rotatable bonds is 4. The maximum atomic E-state index is 2.57. The monoisotopic (exact) mass is 696 g/mol. The highest BCUT2D eigenvalue weighted by Gasteiger charge is 2.44. The minimum Gasteiger partial charge on any atom is -0.311 e. The number of nitrogens with zero attached hydrogens (tertiary/aromatic N) is 2. The molecular weight excluding hydrogens is 639 g/mol. The van der Waals surface area contributed by atoms with Gasteiger partial charge in [-0.05, 0) is 136 Å². The first-order valence-electron chi connectivity index (χ1n) is 20.8. The average molecular weight is 697 g/mol. The van der Waals surface area contributed by atoms with Gasteiger partial charge in [0.2, 0.25) is 0 Å². The zero-order valence-electron chi connectivity index (χ0n) is 33.0. The van der Waals surface area contributed by atoms with E-state index in [9.17, 15) is 0 Å². The zero-order chi connectivity index (χ0) is 36.5. The highest BCUT2D eigenvalue weighted by molar-refractivity contribution is 7.00. The van der Waals surface area contributed by atoms with Crippen LogP contribution in [0, 0.1) is 0 Å². The molecule has 2 fully saturated rings. The van der Waals surface area contributed by atoms with Crippen molar-refractivity contribution in [2.24, 2.45) is 0 Å². The molecule has 0 atom stereocenters. The van der Waals surface area contributed by atoms with Crippen LogP contribution < -0.4 is 26.2 Å². The van der Waals surface area contributed by atoms with Crippen LogP contribution in [0.25, 0.3) is 0 Å². The molecule has 5 aromatic carbocycles. The van der Waals surface area contributed by atoms with E-state index in [0.717, 1.165) is 0 Å². The van der Waals surface area contributed by atoms with E-state index in [2.05, 4.69) is 154 Å². The molecule has 5 aromatic rings. The maximum absolute atomic E-state index is 2.57. The quantitative estimate of drug-likeness (QED) is 0.169. The molecule has 2 aliphatic heterocycles. The van der Waals surface area contributed by atoms with Crippen molar-refractivity contribution in [1.82, 2.24) is 0 Å². The van der Waals surface area contributed by atoms with Crippen LogP contribution in [0.3, 0.4) is 0 Å². The third kappa shape index (κ3) is 6.13. The second-order valence-corrected chi connectivity index (χ2v) is 18.7. The Kier molecular flexibility index (Phi) is 8.64. The van der Waals surface area contributed by atoms with Crippen molar-refractivity contribution < 1.29 is 0 Å². The Morgan fingerprint density at radius 2 is 0.849 bits per heavy atom. The van der Waals surface area contributed by atoms with Crippen molar-refractivity contribution in [2.75, 3.05) is 9.80 Å². The summed E-state index contributed by atoms with van der Waals surface area (Å²) in [5.41, 5.74) is 17.8. The molecule has 53 heavy (non-hydrogen) atoms. The van der Waals surface area contributed by atoms with Crippen molar-refractivity contribution in [3.8, 4) is 0 Å². The summed E-state index contributed by atoms with van der Waals surface area (Å²) in [6.07, 6.45) is 13.5. The van der Waals surface area contributed by atoms with E-state index in [1.54, 1.807) is 0 Å². The topological polar surface area (TPSA) is 6.48 Å². The SMILES string of the molecule is CC(C)(C)c1ccc2c(c1)B1c3cc(C(C)(C)C)ccc3N(c3ccc(C4CCCCC4)cc3)c3cccc(c31)N2c1ccc(C2CCCCC2)cc1. The van der Waals surface area contributed by atoms with Gasteiger partial charge in [0.25, 0.3) is 6.71 Å². The molecule has 2 nitrogen and oxygen atoms in total. The molecule has 3 heteroatoms. The Hall–Kier alpha value is -4.24. The van der Waals surface area contributed by atoms with Crippen molar-refractivity contribution in [1.29, 1.82) is 0 Å². The first-order chi connectivity index (χ1) is 25.6. The maximum Gasteiger partial charge on any atom is 0.252 e. The Morgan fingerprint density at radius 1 is 0.453 bits per heavy atom. The third-order valence-corrected chi connectivity index (χ3v) is 13.2. The van der Waals surface area contributed by atoms with Crippen LogP contribution in [0.5, 0.6) is 0 Å². The van der Waals surface area contributed by atoms with Gasteiger partial charge in [-0.1, -0.05) is 135 Å². The molecular formula is C50H57BN2. The van der Waals surface area contributed by atoms with Crippen molar-refractivity contribution >= 4 is 57.2 Å². The number of hydrogen-bond donors (Lipinski definition) is 0. The Labute approximate surface area is 319 Å². The van der Waals surface area contributed by atoms with Gasteiger partial charge in [0.15, 0.2) is 0 Å². The van der Waals surface area contributed by atoms with Gasteiger partial charge in [0, 0.05) is 34.1 Å². The summed E-state index contributed by atoms with van der Waals surface area (Å²) in [6.45, 7) is 14.2. The summed E-state index contributed by atoms with van der Waals surface area (Å²) < 4.78 is 0. The lowest BCUT2D eigenvalue weighted by molar-refractivity contribution is 0.443. The largest absolute Gasteiger partial charge is 0.311 e. The van der Waals surface area contributed by atoms with Crippen molar-refractivity contribution in [3.05, 3.63) is 125 Å². The van der Waals surface area contributed by atoms with Crippen LogP contribution in [-0.2, 0) is 10.8 Å². The highest BCUT2D eigenvalue weighted by Crippen LogP contribution is 2.46. The molecule has 0 bridgehead atoms. The second-order valence-electron chi connectivity index (χ2n) is 18.7. The Morgan fingerprint density at radius 3 is 1.23 bits per heavy atom. The Balaban J connectivity index is 1.25. The van der Waals surface area contributed by atoms with Gasteiger partial charge in [0.05, 0.1) is 0 Å². The number of fused-ring (bicyclic) bond motifs is 4. The second kappa shape index (κ2) is 13.3. The molecule has 0 unspecified atom stereocenters. The van der Waals surface area contributed by atoms with Gasteiger partial charge in [-0.25, -0.2) is 0 Å².